The summed E-state index contributed by atoms with van der Waals surface area (Å²) in [5.74, 6) is -0.788. The number of hydrogen-bond donors (Lipinski definition) is 2. The van der Waals surface area contributed by atoms with Gasteiger partial charge in [-0.1, -0.05) is 42.5 Å². The highest BCUT2D eigenvalue weighted by Gasteiger charge is 2.18. The van der Waals surface area contributed by atoms with Crippen molar-refractivity contribution in [3.05, 3.63) is 71.3 Å². The Morgan fingerprint density at radius 2 is 1.71 bits per heavy atom. The average molecular weight is 321 g/mol. The Balaban J connectivity index is 1.91. The fraction of sp³-hybridized carbons (Fsp3) is 0.211. The third kappa shape index (κ3) is 5.25. The Morgan fingerprint density at radius 1 is 1.04 bits per heavy atom. The molecule has 0 aliphatic rings. The van der Waals surface area contributed by atoms with Gasteiger partial charge in [0.15, 0.2) is 0 Å². The second-order valence-electron chi connectivity index (χ2n) is 5.52. The molecule has 1 atom stereocenters. The Hall–Kier alpha value is -3.13. The van der Waals surface area contributed by atoms with Crippen LogP contribution in [0.3, 0.4) is 0 Å². The van der Waals surface area contributed by atoms with E-state index in [1.165, 1.54) is 0 Å². The van der Waals surface area contributed by atoms with Gasteiger partial charge >= 0.3 is 0 Å². The molecule has 5 heteroatoms. The van der Waals surface area contributed by atoms with Gasteiger partial charge in [0.05, 0.1) is 11.6 Å². The van der Waals surface area contributed by atoms with E-state index in [0.29, 0.717) is 24.8 Å². The van der Waals surface area contributed by atoms with Crippen molar-refractivity contribution in [2.45, 2.75) is 25.3 Å². The molecule has 0 heterocycles. The van der Waals surface area contributed by atoms with Gasteiger partial charge in [-0.05, 0) is 29.7 Å². The Labute approximate surface area is 141 Å². The molecule has 0 aromatic heterocycles. The van der Waals surface area contributed by atoms with Gasteiger partial charge in [0.2, 0.25) is 11.8 Å². The second-order valence-corrected chi connectivity index (χ2v) is 5.52. The molecule has 122 valence electrons. The average Bonchev–Trinajstić information content (AvgIpc) is 2.61. The number of nitrogens with zero attached hydrogens (tertiary/aromatic N) is 1. The van der Waals surface area contributed by atoms with E-state index in [2.05, 4.69) is 5.32 Å². The molecule has 0 bridgehead atoms. The lowest BCUT2D eigenvalue weighted by Gasteiger charge is -2.15. The minimum Gasteiger partial charge on any atom is -0.368 e. The number of rotatable bonds is 7. The van der Waals surface area contributed by atoms with E-state index in [1.807, 2.05) is 36.4 Å². The molecule has 0 saturated carbocycles. The molecule has 0 saturated heterocycles. The highest BCUT2D eigenvalue weighted by atomic mass is 16.2. The van der Waals surface area contributed by atoms with Crippen LogP contribution in [0.2, 0.25) is 0 Å². The van der Waals surface area contributed by atoms with Crippen molar-refractivity contribution in [2.75, 3.05) is 0 Å². The number of primary amides is 1. The lowest BCUT2D eigenvalue weighted by molar-refractivity contribution is -0.127. The van der Waals surface area contributed by atoms with Gasteiger partial charge in [-0.25, -0.2) is 0 Å². The first kappa shape index (κ1) is 17.2. The largest absolute Gasteiger partial charge is 0.368 e. The van der Waals surface area contributed by atoms with Crippen LogP contribution in [0.15, 0.2) is 54.6 Å². The first-order valence-electron chi connectivity index (χ1n) is 7.70. The van der Waals surface area contributed by atoms with Crippen molar-refractivity contribution >= 4 is 11.8 Å². The number of carbonyl (C=O) groups is 2. The van der Waals surface area contributed by atoms with E-state index in [-0.39, 0.29) is 5.91 Å². The second kappa shape index (κ2) is 8.49. The lowest BCUT2D eigenvalue weighted by atomic mass is 10.0. The van der Waals surface area contributed by atoms with Crippen LogP contribution in [-0.2, 0) is 22.4 Å². The molecule has 2 aromatic carbocycles. The molecule has 0 fully saturated rings. The van der Waals surface area contributed by atoms with E-state index in [9.17, 15) is 9.59 Å². The number of nitrogens with one attached hydrogen (secondary N) is 1. The van der Waals surface area contributed by atoms with Gasteiger partial charge < -0.3 is 11.1 Å². The van der Waals surface area contributed by atoms with E-state index in [4.69, 9.17) is 11.0 Å². The van der Waals surface area contributed by atoms with Crippen LogP contribution in [-0.4, -0.2) is 17.9 Å². The standard InChI is InChI=1S/C19H19N3O2/c20-13-16-8-6-15(7-9-16)12-17(19(21)24)22-18(23)11-10-14-4-2-1-3-5-14/h1-9,17H,10-12H2,(H2,21,24)(H,22,23)/t17-/m0/s1. The lowest BCUT2D eigenvalue weighted by Crippen LogP contribution is -2.45. The van der Waals surface area contributed by atoms with Gasteiger partial charge in [-0.3, -0.25) is 9.59 Å². The summed E-state index contributed by atoms with van der Waals surface area (Å²) in [5, 5.41) is 11.5. The third-order valence-corrected chi connectivity index (χ3v) is 3.69. The zero-order valence-corrected chi connectivity index (χ0v) is 13.2. The minimum absolute atomic E-state index is 0.212. The number of aryl methyl sites for hydroxylation is 1. The summed E-state index contributed by atoms with van der Waals surface area (Å²) in [6.45, 7) is 0. The molecular formula is C19H19N3O2. The summed E-state index contributed by atoms with van der Waals surface area (Å²) in [5.41, 5.74) is 7.83. The molecule has 0 unspecified atom stereocenters. The molecule has 0 radical (unpaired) electrons. The van der Waals surface area contributed by atoms with Crippen molar-refractivity contribution in [2.24, 2.45) is 5.73 Å². The molecule has 2 aromatic rings. The molecule has 3 N–H and O–H groups in total. The topological polar surface area (TPSA) is 96.0 Å². The summed E-state index contributed by atoms with van der Waals surface area (Å²) in [4.78, 5) is 23.7. The number of hydrogen-bond acceptors (Lipinski definition) is 3. The van der Waals surface area contributed by atoms with Gasteiger partial charge in [0.25, 0.3) is 0 Å². The Morgan fingerprint density at radius 3 is 2.29 bits per heavy atom. The summed E-state index contributed by atoms with van der Waals surface area (Å²) < 4.78 is 0. The molecule has 2 rings (SSSR count). The van der Waals surface area contributed by atoms with Crippen molar-refractivity contribution in [1.29, 1.82) is 5.26 Å². The SMILES string of the molecule is N#Cc1ccc(C[C@H](NC(=O)CCc2ccccc2)C(N)=O)cc1. The van der Waals surface area contributed by atoms with Crippen LogP contribution in [0.4, 0.5) is 0 Å². The maximum absolute atomic E-state index is 12.1. The van der Waals surface area contributed by atoms with Gasteiger partial charge in [-0.15, -0.1) is 0 Å². The smallest absolute Gasteiger partial charge is 0.240 e. The molecular weight excluding hydrogens is 302 g/mol. The first-order valence-corrected chi connectivity index (χ1v) is 7.70. The van der Waals surface area contributed by atoms with Crippen molar-refractivity contribution in [3.63, 3.8) is 0 Å². The molecule has 5 nitrogen and oxygen atoms in total. The van der Waals surface area contributed by atoms with Crippen LogP contribution in [0, 0.1) is 11.3 Å². The molecule has 0 aliphatic heterocycles. The highest BCUT2D eigenvalue weighted by molar-refractivity contribution is 5.86. The van der Waals surface area contributed by atoms with Gasteiger partial charge in [0.1, 0.15) is 6.04 Å². The predicted molar refractivity (Wildman–Crippen MR) is 90.7 cm³/mol. The van der Waals surface area contributed by atoms with Crippen molar-refractivity contribution in [1.82, 2.24) is 5.32 Å². The number of carbonyl (C=O) groups excluding carboxylic acids is 2. The fourth-order valence-corrected chi connectivity index (χ4v) is 2.34. The van der Waals surface area contributed by atoms with E-state index < -0.39 is 11.9 Å². The quantitative estimate of drug-likeness (QED) is 0.812. The number of nitriles is 1. The zero-order valence-electron chi connectivity index (χ0n) is 13.2. The summed E-state index contributed by atoms with van der Waals surface area (Å²) >= 11 is 0. The van der Waals surface area contributed by atoms with Crippen LogP contribution in [0.5, 0.6) is 0 Å². The maximum atomic E-state index is 12.1. The monoisotopic (exact) mass is 321 g/mol. The number of nitrogens with two attached hydrogens (primary N) is 1. The Bertz CT molecular complexity index is 733. The summed E-state index contributed by atoms with van der Waals surface area (Å²) in [6, 6.07) is 17.8. The van der Waals surface area contributed by atoms with E-state index in [0.717, 1.165) is 11.1 Å². The minimum atomic E-state index is -0.763. The predicted octanol–water partition coefficient (Wildman–Crippen LogP) is 1.70. The molecule has 2 amide bonds. The normalized spacial score (nSPS) is 11.3. The maximum Gasteiger partial charge on any atom is 0.240 e. The van der Waals surface area contributed by atoms with Gasteiger partial charge in [0, 0.05) is 12.8 Å². The van der Waals surface area contributed by atoms with Gasteiger partial charge in [-0.2, -0.15) is 5.26 Å². The van der Waals surface area contributed by atoms with Crippen LogP contribution >= 0.6 is 0 Å². The van der Waals surface area contributed by atoms with E-state index in [1.54, 1.807) is 24.3 Å². The zero-order chi connectivity index (χ0) is 17.4. The summed E-state index contributed by atoms with van der Waals surface area (Å²) in [7, 11) is 0. The molecule has 24 heavy (non-hydrogen) atoms. The highest BCUT2D eigenvalue weighted by Crippen LogP contribution is 2.07. The van der Waals surface area contributed by atoms with Crippen LogP contribution < -0.4 is 11.1 Å². The Kier molecular flexibility index (Phi) is 6.09. The van der Waals surface area contributed by atoms with Crippen LogP contribution in [0.1, 0.15) is 23.1 Å². The van der Waals surface area contributed by atoms with Crippen molar-refractivity contribution < 1.29 is 9.59 Å². The van der Waals surface area contributed by atoms with E-state index >= 15 is 0 Å². The molecule has 0 aliphatic carbocycles. The number of amides is 2. The first-order chi connectivity index (χ1) is 11.6. The third-order valence-electron chi connectivity index (χ3n) is 3.69. The number of benzene rings is 2. The van der Waals surface area contributed by atoms with Crippen LogP contribution in [0.25, 0.3) is 0 Å². The fourth-order valence-electron chi connectivity index (χ4n) is 2.34. The molecule has 0 spiro atoms. The van der Waals surface area contributed by atoms with Crippen molar-refractivity contribution in [3.8, 4) is 6.07 Å². The summed E-state index contributed by atoms with van der Waals surface area (Å²) in [6.07, 6.45) is 1.20.